The van der Waals surface area contributed by atoms with E-state index in [9.17, 15) is 0 Å². The van der Waals surface area contributed by atoms with Crippen LogP contribution in [0.1, 0.15) is 10.4 Å². The van der Waals surface area contributed by atoms with E-state index < -0.39 is 0 Å². The highest BCUT2D eigenvalue weighted by molar-refractivity contribution is 9.10. The van der Waals surface area contributed by atoms with Gasteiger partial charge in [0.1, 0.15) is 5.82 Å². The Bertz CT molecular complexity index is 514. The number of hydrogen-bond donors (Lipinski definition) is 2. The summed E-state index contributed by atoms with van der Waals surface area (Å²) in [5.41, 5.74) is 3.75. The van der Waals surface area contributed by atoms with Crippen molar-refractivity contribution in [2.75, 3.05) is 12.5 Å². The Labute approximate surface area is 119 Å². The summed E-state index contributed by atoms with van der Waals surface area (Å²) in [6.45, 7) is 1.80. The number of hydrogen-bond acceptors (Lipinski definition) is 5. The average molecular weight is 327 g/mol. The molecule has 2 heterocycles. The lowest BCUT2D eigenvalue weighted by molar-refractivity contribution is 0.322. The van der Waals surface area contributed by atoms with Crippen LogP contribution in [0.15, 0.2) is 34.2 Å². The number of nitrogen functional groups attached to an aromatic ring is 1. The Morgan fingerprint density at radius 1 is 1.44 bits per heavy atom. The minimum absolute atomic E-state index is 0.694. The zero-order valence-electron chi connectivity index (χ0n) is 10.1. The molecule has 2 aromatic rings. The van der Waals surface area contributed by atoms with Gasteiger partial charge in [-0.15, -0.1) is 11.3 Å². The second-order valence-electron chi connectivity index (χ2n) is 4.10. The highest BCUT2D eigenvalue weighted by Gasteiger charge is 2.04. The summed E-state index contributed by atoms with van der Waals surface area (Å²) in [6.07, 6.45) is 1.76. The average Bonchev–Trinajstić information content (AvgIpc) is 2.74. The molecule has 0 atom stereocenters. The largest absolute Gasteiger partial charge is 0.308 e. The Hall–Kier alpha value is -0.950. The summed E-state index contributed by atoms with van der Waals surface area (Å²) in [7, 11) is 2.10. The number of rotatable bonds is 5. The van der Waals surface area contributed by atoms with Gasteiger partial charge in [0.15, 0.2) is 0 Å². The number of hydrazine groups is 1. The minimum atomic E-state index is 0.694. The molecule has 0 aliphatic heterocycles. The van der Waals surface area contributed by atoms with E-state index in [0.29, 0.717) is 5.82 Å². The van der Waals surface area contributed by atoms with Gasteiger partial charge in [0.05, 0.1) is 0 Å². The summed E-state index contributed by atoms with van der Waals surface area (Å²) in [6, 6.07) is 6.11. The fraction of sp³-hybridized carbons (Fsp3) is 0.250. The number of halogens is 1. The van der Waals surface area contributed by atoms with Crippen molar-refractivity contribution in [3.63, 3.8) is 0 Å². The van der Waals surface area contributed by atoms with Crippen LogP contribution < -0.4 is 11.3 Å². The first kappa shape index (κ1) is 13.5. The van der Waals surface area contributed by atoms with Crippen molar-refractivity contribution in [3.05, 3.63) is 44.7 Å². The lowest BCUT2D eigenvalue weighted by Gasteiger charge is -2.15. The van der Waals surface area contributed by atoms with Gasteiger partial charge >= 0.3 is 0 Å². The first-order valence-electron chi connectivity index (χ1n) is 5.50. The van der Waals surface area contributed by atoms with Crippen LogP contribution in [-0.4, -0.2) is 16.9 Å². The fourth-order valence-corrected chi connectivity index (χ4v) is 3.25. The number of nitrogens with two attached hydrogens (primary N) is 1. The molecule has 2 rings (SSSR count). The standard InChI is InChI=1S/C12H15BrN4S/c1-17(7-11-5-10(13)8-18-11)6-9-2-3-15-12(4-9)16-14/h2-5,8H,6-7,14H2,1H3,(H,15,16). The van der Waals surface area contributed by atoms with Gasteiger partial charge in [0, 0.05) is 34.0 Å². The quantitative estimate of drug-likeness (QED) is 0.655. The van der Waals surface area contributed by atoms with Gasteiger partial charge in [-0.1, -0.05) is 0 Å². The van der Waals surface area contributed by atoms with Crippen LogP contribution in [0, 0.1) is 0 Å². The van der Waals surface area contributed by atoms with E-state index in [0.717, 1.165) is 17.6 Å². The maximum Gasteiger partial charge on any atom is 0.140 e. The number of thiophene rings is 1. The topological polar surface area (TPSA) is 54.2 Å². The second-order valence-corrected chi connectivity index (χ2v) is 6.01. The van der Waals surface area contributed by atoms with Crippen LogP contribution in [0.4, 0.5) is 5.82 Å². The first-order chi connectivity index (χ1) is 8.67. The normalized spacial score (nSPS) is 10.9. The van der Waals surface area contributed by atoms with Crippen LogP contribution in [0.25, 0.3) is 0 Å². The maximum absolute atomic E-state index is 5.35. The smallest absolute Gasteiger partial charge is 0.140 e. The van der Waals surface area contributed by atoms with Gasteiger partial charge in [-0.25, -0.2) is 10.8 Å². The third kappa shape index (κ3) is 3.78. The number of pyridine rings is 1. The number of aromatic nitrogens is 1. The SMILES string of the molecule is CN(Cc1ccnc(NN)c1)Cc1cc(Br)cs1. The predicted octanol–water partition coefficient (Wildman–Crippen LogP) is 2.82. The van der Waals surface area contributed by atoms with Crippen molar-refractivity contribution in [3.8, 4) is 0 Å². The first-order valence-corrected chi connectivity index (χ1v) is 7.17. The molecule has 0 saturated carbocycles. The molecule has 96 valence electrons. The third-order valence-corrected chi connectivity index (χ3v) is 4.15. The van der Waals surface area contributed by atoms with Crippen LogP contribution >= 0.6 is 27.3 Å². The van der Waals surface area contributed by atoms with Crippen molar-refractivity contribution in [2.24, 2.45) is 5.84 Å². The molecule has 0 aliphatic rings. The molecule has 3 N–H and O–H groups in total. The monoisotopic (exact) mass is 326 g/mol. The molecule has 0 amide bonds. The Morgan fingerprint density at radius 3 is 2.94 bits per heavy atom. The van der Waals surface area contributed by atoms with Crippen LogP contribution in [0.2, 0.25) is 0 Å². The Balaban J connectivity index is 1.96. The molecule has 0 spiro atoms. The molecule has 0 unspecified atom stereocenters. The second kappa shape index (κ2) is 6.29. The zero-order valence-corrected chi connectivity index (χ0v) is 12.5. The number of anilines is 1. The predicted molar refractivity (Wildman–Crippen MR) is 79.2 cm³/mol. The lowest BCUT2D eigenvalue weighted by Crippen LogP contribution is -2.17. The van der Waals surface area contributed by atoms with E-state index >= 15 is 0 Å². The van der Waals surface area contributed by atoms with Crippen molar-refractivity contribution in [2.45, 2.75) is 13.1 Å². The van der Waals surface area contributed by atoms with Crippen molar-refractivity contribution < 1.29 is 0 Å². The van der Waals surface area contributed by atoms with Gasteiger partial charge in [-0.05, 0) is 46.7 Å². The van der Waals surface area contributed by atoms with E-state index in [4.69, 9.17) is 5.84 Å². The molecule has 18 heavy (non-hydrogen) atoms. The molecule has 2 aromatic heterocycles. The number of nitrogens with zero attached hydrogens (tertiary/aromatic N) is 2. The molecule has 0 fully saturated rings. The summed E-state index contributed by atoms with van der Waals surface area (Å²) in [5.74, 6) is 6.04. The third-order valence-electron chi connectivity index (χ3n) is 2.47. The van der Waals surface area contributed by atoms with Crippen molar-refractivity contribution in [1.29, 1.82) is 0 Å². The molecular weight excluding hydrogens is 312 g/mol. The van der Waals surface area contributed by atoms with Crippen molar-refractivity contribution in [1.82, 2.24) is 9.88 Å². The van der Waals surface area contributed by atoms with E-state index in [2.05, 4.69) is 49.7 Å². The van der Waals surface area contributed by atoms with E-state index in [-0.39, 0.29) is 0 Å². The van der Waals surface area contributed by atoms with Gasteiger partial charge < -0.3 is 5.43 Å². The zero-order chi connectivity index (χ0) is 13.0. The van der Waals surface area contributed by atoms with Gasteiger partial charge in [0.25, 0.3) is 0 Å². The molecule has 0 radical (unpaired) electrons. The summed E-state index contributed by atoms with van der Waals surface area (Å²) in [5, 5.41) is 2.10. The molecule has 6 heteroatoms. The molecule has 0 bridgehead atoms. The molecule has 4 nitrogen and oxygen atoms in total. The lowest BCUT2D eigenvalue weighted by atomic mass is 10.2. The van der Waals surface area contributed by atoms with Gasteiger partial charge in [-0.3, -0.25) is 4.90 Å². The number of nitrogens with one attached hydrogen (secondary N) is 1. The Morgan fingerprint density at radius 2 is 2.28 bits per heavy atom. The van der Waals surface area contributed by atoms with Gasteiger partial charge in [0.2, 0.25) is 0 Å². The van der Waals surface area contributed by atoms with E-state index in [1.165, 1.54) is 10.4 Å². The highest BCUT2D eigenvalue weighted by Crippen LogP contribution is 2.21. The molecule has 0 saturated heterocycles. The maximum atomic E-state index is 5.35. The van der Waals surface area contributed by atoms with Gasteiger partial charge in [-0.2, -0.15) is 0 Å². The molecular formula is C12H15BrN4S. The molecule has 0 aliphatic carbocycles. The summed E-state index contributed by atoms with van der Waals surface area (Å²) in [4.78, 5) is 7.69. The highest BCUT2D eigenvalue weighted by atomic mass is 79.9. The minimum Gasteiger partial charge on any atom is -0.308 e. The van der Waals surface area contributed by atoms with Crippen LogP contribution in [0.3, 0.4) is 0 Å². The van der Waals surface area contributed by atoms with E-state index in [1.807, 2.05) is 12.1 Å². The fourth-order valence-electron chi connectivity index (χ4n) is 1.72. The van der Waals surface area contributed by atoms with Crippen LogP contribution in [-0.2, 0) is 13.1 Å². The van der Waals surface area contributed by atoms with E-state index in [1.54, 1.807) is 17.5 Å². The summed E-state index contributed by atoms with van der Waals surface area (Å²) < 4.78 is 1.15. The Kier molecular flexibility index (Phi) is 4.71. The van der Waals surface area contributed by atoms with Crippen molar-refractivity contribution >= 4 is 33.1 Å². The molecule has 0 aromatic carbocycles. The van der Waals surface area contributed by atoms with Crippen LogP contribution in [0.5, 0.6) is 0 Å². The summed E-state index contributed by atoms with van der Waals surface area (Å²) >= 11 is 5.23.